The zero-order valence-corrected chi connectivity index (χ0v) is 9.64. The van der Waals surface area contributed by atoms with Crippen molar-refractivity contribution in [3.05, 3.63) is 0 Å². The number of hydrogen-bond acceptors (Lipinski definition) is 1. The predicted molar refractivity (Wildman–Crippen MR) is 54.7 cm³/mol. The van der Waals surface area contributed by atoms with Crippen LogP contribution in [0, 0.1) is 11.8 Å². The second kappa shape index (κ2) is 4.73. The third kappa shape index (κ3) is 3.37. The second-order valence-electron chi connectivity index (χ2n) is 4.86. The minimum atomic E-state index is -4.02. The van der Waals surface area contributed by atoms with Gasteiger partial charge in [0.25, 0.3) is 0 Å². The summed E-state index contributed by atoms with van der Waals surface area (Å²) in [6, 6.07) is 0.246. The molecular formula is C11H20F3N. The topological polar surface area (TPSA) is 3.24 Å². The van der Waals surface area contributed by atoms with Gasteiger partial charge >= 0.3 is 6.18 Å². The molecule has 0 N–H and O–H groups in total. The first-order valence-corrected chi connectivity index (χ1v) is 5.63. The van der Waals surface area contributed by atoms with Gasteiger partial charge in [-0.2, -0.15) is 13.2 Å². The normalized spacial score (nSPS) is 27.0. The Morgan fingerprint density at radius 1 is 1.20 bits per heavy atom. The quantitative estimate of drug-likeness (QED) is 0.694. The van der Waals surface area contributed by atoms with Crippen molar-refractivity contribution in [3.8, 4) is 0 Å². The van der Waals surface area contributed by atoms with Gasteiger partial charge in [0.2, 0.25) is 0 Å². The fraction of sp³-hybridized carbons (Fsp3) is 1.00. The largest absolute Gasteiger partial charge is 0.393 e. The summed E-state index contributed by atoms with van der Waals surface area (Å²) < 4.78 is 37.7. The molecule has 0 aromatic rings. The molecule has 1 aliphatic heterocycles. The van der Waals surface area contributed by atoms with Gasteiger partial charge in [-0.15, -0.1) is 0 Å². The second-order valence-corrected chi connectivity index (χ2v) is 4.86. The van der Waals surface area contributed by atoms with Gasteiger partial charge in [0.15, 0.2) is 0 Å². The molecule has 4 heteroatoms. The summed E-state index contributed by atoms with van der Waals surface area (Å²) in [6.45, 7) is 7.13. The number of alkyl halides is 3. The molecule has 1 aliphatic rings. The minimum Gasteiger partial charge on any atom is -0.300 e. The van der Waals surface area contributed by atoms with Crippen LogP contribution in [0.15, 0.2) is 0 Å². The molecule has 0 spiro atoms. The molecule has 0 radical (unpaired) electrons. The molecule has 1 rings (SSSR count). The molecule has 0 amide bonds. The van der Waals surface area contributed by atoms with Crippen LogP contribution < -0.4 is 0 Å². The van der Waals surface area contributed by atoms with Crippen molar-refractivity contribution in [2.75, 3.05) is 13.1 Å². The monoisotopic (exact) mass is 223 g/mol. The van der Waals surface area contributed by atoms with E-state index in [9.17, 15) is 13.2 Å². The van der Waals surface area contributed by atoms with Crippen LogP contribution in [0.5, 0.6) is 0 Å². The maximum atomic E-state index is 12.6. The highest BCUT2D eigenvalue weighted by Crippen LogP contribution is 2.34. The molecule has 1 heterocycles. The highest BCUT2D eigenvalue weighted by atomic mass is 19.4. The molecule has 15 heavy (non-hydrogen) atoms. The number of halogens is 3. The van der Waals surface area contributed by atoms with Crippen molar-refractivity contribution in [1.29, 1.82) is 0 Å². The molecule has 0 aromatic heterocycles. The summed E-state index contributed by atoms with van der Waals surface area (Å²) in [4.78, 5) is 1.98. The molecule has 1 saturated heterocycles. The molecule has 0 aromatic carbocycles. The van der Waals surface area contributed by atoms with Crippen molar-refractivity contribution in [2.24, 2.45) is 11.8 Å². The zero-order chi connectivity index (χ0) is 11.6. The molecule has 90 valence electrons. The first-order chi connectivity index (χ1) is 6.82. The number of rotatable bonds is 2. The van der Waals surface area contributed by atoms with Crippen LogP contribution in [0.1, 0.15) is 33.6 Å². The van der Waals surface area contributed by atoms with Gasteiger partial charge in [-0.1, -0.05) is 13.8 Å². The first kappa shape index (κ1) is 12.8. The van der Waals surface area contributed by atoms with E-state index < -0.39 is 12.1 Å². The Morgan fingerprint density at radius 3 is 2.27 bits per heavy atom. The molecule has 0 saturated carbocycles. The smallest absolute Gasteiger partial charge is 0.300 e. The average Bonchev–Trinajstić information content (AvgIpc) is 2.15. The minimum absolute atomic E-state index is 0.183. The van der Waals surface area contributed by atoms with Crippen molar-refractivity contribution < 1.29 is 13.2 Å². The Balaban J connectivity index is 2.56. The molecule has 1 fully saturated rings. The van der Waals surface area contributed by atoms with Crippen molar-refractivity contribution in [3.63, 3.8) is 0 Å². The van der Waals surface area contributed by atoms with Gasteiger partial charge in [-0.05, 0) is 32.2 Å². The summed E-state index contributed by atoms with van der Waals surface area (Å²) in [6.07, 6.45) is -3.05. The van der Waals surface area contributed by atoms with Crippen LogP contribution in [-0.2, 0) is 0 Å². The summed E-state index contributed by atoms with van der Waals surface area (Å²) in [5, 5.41) is 0. The van der Waals surface area contributed by atoms with Gasteiger partial charge in [-0.3, -0.25) is 4.90 Å². The van der Waals surface area contributed by atoms with Gasteiger partial charge in [0, 0.05) is 12.6 Å². The van der Waals surface area contributed by atoms with Crippen molar-refractivity contribution in [1.82, 2.24) is 4.90 Å². The lowest BCUT2D eigenvalue weighted by Crippen LogP contribution is -2.47. The van der Waals surface area contributed by atoms with E-state index in [1.807, 2.05) is 11.8 Å². The van der Waals surface area contributed by atoms with E-state index in [0.717, 1.165) is 6.54 Å². The average molecular weight is 223 g/mol. The fourth-order valence-electron chi connectivity index (χ4n) is 2.07. The summed E-state index contributed by atoms with van der Waals surface area (Å²) >= 11 is 0. The van der Waals surface area contributed by atoms with Gasteiger partial charge < -0.3 is 0 Å². The Labute approximate surface area is 89.6 Å². The van der Waals surface area contributed by atoms with Gasteiger partial charge in [0.1, 0.15) is 0 Å². The lowest BCUT2D eigenvalue weighted by Gasteiger charge is -2.39. The highest BCUT2D eigenvalue weighted by Gasteiger charge is 2.42. The van der Waals surface area contributed by atoms with E-state index in [-0.39, 0.29) is 12.6 Å². The summed E-state index contributed by atoms with van der Waals surface area (Å²) in [7, 11) is 0. The SMILES string of the molecule is CC(C)[C@@H](C)N1CCC[C@H](C(F)(F)F)C1. The number of nitrogens with zero attached hydrogens (tertiary/aromatic N) is 1. The van der Waals surface area contributed by atoms with E-state index in [1.165, 1.54) is 0 Å². The standard InChI is InChI=1S/C11H20F3N/c1-8(2)9(3)15-6-4-5-10(7-15)11(12,13)14/h8-10H,4-7H2,1-3H3/t9-,10+/m1/s1. The Bertz CT molecular complexity index is 200. The Kier molecular flexibility index (Phi) is 4.04. The number of piperidine rings is 1. The third-order valence-electron chi connectivity index (χ3n) is 3.46. The molecule has 0 aliphatic carbocycles. The summed E-state index contributed by atoms with van der Waals surface area (Å²) in [5.74, 6) is -0.704. The molecule has 0 unspecified atom stereocenters. The van der Waals surface area contributed by atoms with Crippen LogP contribution in [0.2, 0.25) is 0 Å². The van der Waals surface area contributed by atoms with Crippen LogP contribution in [0.4, 0.5) is 13.2 Å². The first-order valence-electron chi connectivity index (χ1n) is 5.63. The number of likely N-dealkylation sites (tertiary alicyclic amines) is 1. The van der Waals surface area contributed by atoms with Crippen LogP contribution in [0.3, 0.4) is 0 Å². The van der Waals surface area contributed by atoms with Crippen molar-refractivity contribution >= 4 is 0 Å². The highest BCUT2D eigenvalue weighted by molar-refractivity contribution is 4.81. The van der Waals surface area contributed by atoms with E-state index in [0.29, 0.717) is 18.8 Å². The Morgan fingerprint density at radius 2 is 1.80 bits per heavy atom. The molecule has 1 nitrogen and oxygen atoms in total. The van der Waals surface area contributed by atoms with E-state index >= 15 is 0 Å². The van der Waals surface area contributed by atoms with Gasteiger partial charge in [-0.25, -0.2) is 0 Å². The predicted octanol–water partition coefficient (Wildman–Crippen LogP) is 3.31. The van der Waals surface area contributed by atoms with Crippen LogP contribution in [0.25, 0.3) is 0 Å². The maximum Gasteiger partial charge on any atom is 0.393 e. The lowest BCUT2D eigenvalue weighted by molar-refractivity contribution is -0.189. The maximum absolute atomic E-state index is 12.6. The Hall–Kier alpha value is -0.250. The van der Waals surface area contributed by atoms with E-state index in [2.05, 4.69) is 13.8 Å². The molecule has 0 bridgehead atoms. The van der Waals surface area contributed by atoms with E-state index in [4.69, 9.17) is 0 Å². The molecular weight excluding hydrogens is 203 g/mol. The lowest BCUT2D eigenvalue weighted by atomic mass is 9.94. The third-order valence-corrected chi connectivity index (χ3v) is 3.46. The van der Waals surface area contributed by atoms with Gasteiger partial charge in [0.05, 0.1) is 5.92 Å². The number of hydrogen-bond donors (Lipinski definition) is 0. The van der Waals surface area contributed by atoms with Crippen LogP contribution >= 0.6 is 0 Å². The molecule has 2 atom stereocenters. The van der Waals surface area contributed by atoms with Crippen LogP contribution in [-0.4, -0.2) is 30.2 Å². The van der Waals surface area contributed by atoms with Crippen molar-refractivity contribution in [2.45, 2.75) is 45.8 Å². The van der Waals surface area contributed by atoms with E-state index in [1.54, 1.807) is 0 Å². The summed E-state index contributed by atoms with van der Waals surface area (Å²) in [5.41, 5.74) is 0. The zero-order valence-electron chi connectivity index (χ0n) is 9.64. The fourth-order valence-corrected chi connectivity index (χ4v) is 2.07.